The number of rotatable bonds is 8. The molecule has 5 nitrogen and oxygen atoms in total. The third-order valence-corrected chi connectivity index (χ3v) is 6.89. The summed E-state index contributed by atoms with van der Waals surface area (Å²) in [5.74, 6) is 7.32. The quantitative estimate of drug-likeness (QED) is 0.407. The van der Waals surface area contributed by atoms with Crippen LogP contribution in [-0.4, -0.2) is 54.7 Å². The molecule has 1 aromatic heterocycles. The molecule has 1 aliphatic heterocycles. The zero-order valence-electron chi connectivity index (χ0n) is 20.8. The molecular formula is C29H31F3N2O3. The summed E-state index contributed by atoms with van der Waals surface area (Å²) in [6.45, 7) is 2.38. The summed E-state index contributed by atoms with van der Waals surface area (Å²) >= 11 is 0. The number of pyridine rings is 1. The van der Waals surface area contributed by atoms with Crippen molar-refractivity contribution in [1.82, 2.24) is 9.88 Å². The van der Waals surface area contributed by atoms with E-state index in [2.05, 4.69) is 32.5 Å². The predicted octanol–water partition coefficient (Wildman–Crippen LogP) is 5.45. The molecule has 4 rings (SSSR count). The van der Waals surface area contributed by atoms with Gasteiger partial charge in [-0.3, -0.25) is 9.88 Å². The van der Waals surface area contributed by atoms with E-state index in [1.54, 1.807) is 7.11 Å². The van der Waals surface area contributed by atoms with Crippen LogP contribution in [0.15, 0.2) is 54.7 Å². The molecule has 0 unspecified atom stereocenters. The first-order chi connectivity index (χ1) is 17.8. The lowest BCUT2D eigenvalue weighted by molar-refractivity contribution is -0.274. The predicted molar refractivity (Wildman–Crippen MR) is 136 cm³/mol. The van der Waals surface area contributed by atoms with E-state index in [9.17, 15) is 18.3 Å². The molecule has 1 aliphatic rings. The van der Waals surface area contributed by atoms with Crippen molar-refractivity contribution in [3.8, 4) is 23.3 Å². The number of fused-ring (bicyclic) bond motifs is 1. The van der Waals surface area contributed by atoms with Gasteiger partial charge in [0.15, 0.2) is 0 Å². The largest absolute Gasteiger partial charge is 0.573 e. The van der Waals surface area contributed by atoms with E-state index in [0.717, 1.165) is 55.4 Å². The number of alkyl halides is 3. The Morgan fingerprint density at radius 1 is 1.08 bits per heavy atom. The Bertz CT molecular complexity index is 1240. The zero-order chi connectivity index (χ0) is 26.3. The number of aromatic nitrogens is 1. The Morgan fingerprint density at radius 2 is 1.86 bits per heavy atom. The van der Waals surface area contributed by atoms with Gasteiger partial charge in [0, 0.05) is 30.3 Å². The number of likely N-dealkylation sites (tertiary alicyclic amines) is 1. The van der Waals surface area contributed by atoms with E-state index in [1.807, 2.05) is 24.4 Å². The highest BCUT2D eigenvalue weighted by Crippen LogP contribution is 2.29. The van der Waals surface area contributed by atoms with Crippen LogP contribution in [0.5, 0.6) is 11.5 Å². The van der Waals surface area contributed by atoms with E-state index < -0.39 is 6.36 Å². The summed E-state index contributed by atoms with van der Waals surface area (Å²) < 4.78 is 46.1. The SMILES string of the molecule is COc1ccc2nccc(CCC[C@@H]3CCN(CC#Cc4ccc(OC(F)(F)F)cc4)C[C@@H]3CO)c2c1. The van der Waals surface area contributed by atoms with Crippen molar-refractivity contribution >= 4 is 10.9 Å². The fourth-order valence-corrected chi connectivity index (χ4v) is 4.96. The number of methoxy groups -OCH3 is 1. The minimum Gasteiger partial charge on any atom is -0.497 e. The molecule has 37 heavy (non-hydrogen) atoms. The van der Waals surface area contributed by atoms with Crippen LogP contribution in [0.25, 0.3) is 10.9 Å². The van der Waals surface area contributed by atoms with Crippen LogP contribution in [0, 0.1) is 23.7 Å². The van der Waals surface area contributed by atoms with E-state index in [-0.39, 0.29) is 18.3 Å². The van der Waals surface area contributed by atoms with Crippen molar-refractivity contribution in [2.75, 3.05) is 33.4 Å². The second-order valence-electron chi connectivity index (χ2n) is 9.35. The van der Waals surface area contributed by atoms with Crippen LogP contribution in [0.4, 0.5) is 13.2 Å². The summed E-state index contributed by atoms with van der Waals surface area (Å²) in [5.41, 5.74) is 2.85. The molecular weight excluding hydrogens is 481 g/mol. The van der Waals surface area contributed by atoms with E-state index in [1.165, 1.54) is 29.8 Å². The Morgan fingerprint density at radius 3 is 2.59 bits per heavy atom. The topological polar surface area (TPSA) is 54.8 Å². The van der Waals surface area contributed by atoms with Gasteiger partial charge in [-0.2, -0.15) is 0 Å². The van der Waals surface area contributed by atoms with Crippen molar-refractivity contribution in [2.45, 2.75) is 32.0 Å². The molecule has 1 saturated heterocycles. The Kier molecular flexibility index (Phi) is 8.91. The first kappa shape index (κ1) is 26.8. The molecule has 8 heteroatoms. The van der Waals surface area contributed by atoms with Crippen LogP contribution < -0.4 is 9.47 Å². The van der Waals surface area contributed by atoms with Gasteiger partial charge in [-0.1, -0.05) is 11.8 Å². The van der Waals surface area contributed by atoms with Gasteiger partial charge in [-0.15, -0.1) is 13.2 Å². The molecule has 1 fully saturated rings. The monoisotopic (exact) mass is 512 g/mol. The van der Waals surface area contributed by atoms with E-state index in [4.69, 9.17) is 4.74 Å². The number of aliphatic hydroxyl groups excluding tert-OH is 1. The molecule has 0 radical (unpaired) electrons. The van der Waals surface area contributed by atoms with Gasteiger partial charge in [0.1, 0.15) is 11.5 Å². The van der Waals surface area contributed by atoms with Gasteiger partial charge >= 0.3 is 6.36 Å². The third-order valence-electron chi connectivity index (χ3n) is 6.89. The van der Waals surface area contributed by atoms with E-state index in [0.29, 0.717) is 18.0 Å². The highest BCUT2D eigenvalue weighted by molar-refractivity contribution is 5.83. The van der Waals surface area contributed by atoms with Gasteiger partial charge in [0.05, 0.1) is 19.2 Å². The van der Waals surface area contributed by atoms with Gasteiger partial charge in [0.25, 0.3) is 0 Å². The molecule has 0 saturated carbocycles. The molecule has 3 aromatic rings. The fraction of sp³-hybridized carbons (Fsp3) is 0.414. The highest BCUT2D eigenvalue weighted by Gasteiger charge is 2.31. The summed E-state index contributed by atoms with van der Waals surface area (Å²) in [7, 11) is 1.67. The molecule has 2 heterocycles. The third kappa shape index (κ3) is 7.61. The van der Waals surface area contributed by atoms with Crippen molar-refractivity contribution < 1.29 is 27.8 Å². The fourth-order valence-electron chi connectivity index (χ4n) is 4.96. The Labute approximate surface area is 215 Å². The highest BCUT2D eigenvalue weighted by atomic mass is 19.4. The van der Waals surface area contributed by atoms with E-state index >= 15 is 0 Å². The number of hydrogen-bond acceptors (Lipinski definition) is 5. The maximum Gasteiger partial charge on any atom is 0.573 e. The summed E-state index contributed by atoms with van der Waals surface area (Å²) in [6.07, 6.45) is 1.18. The first-order valence-corrected chi connectivity index (χ1v) is 12.4. The number of piperidine rings is 1. The zero-order valence-corrected chi connectivity index (χ0v) is 20.8. The molecule has 0 amide bonds. The van der Waals surface area contributed by atoms with Crippen LogP contribution in [0.2, 0.25) is 0 Å². The Balaban J connectivity index is 1.26. The number of ether oxygens (including phenoxy) is 2. The first-order valence-electron chi connectivity index (χ1n) is 12.4. The molecule has 1 N–H and O–H groups in total. The number of hydrogen-bond donors (Lipinski definition) is 1. The number of aryl methyl sites for hydroxylation is 1. The number of aliphatic hydroxyl groups is 1. The lowest BCUT2D eigenvalue weighted by Gasteiger charge is -2.37. The lowest BCUT2D eigenvalue weighted by atomic mass is 9.82. The van der Waals surface area contributed by atoms with Gasteiger partial charge in [-0.25, -0.2) is 0 Å². The van der Waals surface area contributed by atoms with Crippen LogP contribution in [0.3, 0.4) is 0 Å². The van der Waals surface area contributed by atoms with Crippen molar-refractivity contribution in [3.63, 3.8) is 0 Å². The van der Waals surface area contributed by atoms with Crippen molar-refractivity contribution in [1.29, 1.82) is 0 Å². The second kappa shape index (κ2) is 12.3. The maximum atomic E-state index is 12.3. The van der Waals surface area contributed by atoms with Crippen LogP contribution in [-0.2, 0) is 6.42 Å². The van der Waals surface area contributed by atoms with Crippen molar-refractivity contribution in [2.24, 2.45) is 11.8 Å². The number of nitrogens with zero attached hydrogens (tertiary/aromatic N) is 2. The molecule has 0 aliphatic carbocycles. The minimum absolute atomic E-state index is 0.144. The van der Waals surface area contributed by atoms with Gasteiger partial charge in [-0.05, 0) is 98.2 Å². The summed E-state index contributed by atoms with van der Waals surface area (Å²) in [5, 5.41) is 11.1. The van der Waals surface area contributed by atoms with Crippen LogP contribution >= 0.6 is 0 Å². The Hall–Kier alpha value is -3.28. The summed E-state index contributed by atoms with van der Waals surface area (Å²) in [4.78, 5) is 6.69. The molecule has 2 aromatic carbocycles. The number of halogens is 3. The smallest absolute Gasteiger partial charge is 0.497 e. The maximum absolute atomic E-state index is 12.3. The molecule has 0 bridgehead atoms. The summed E-state index contributed by atoms with van der Waals surface area (Å²) in [6, 6.07) is 13.6. The molecule has 2 atom stereocenters. The normalized spacial score (nSPS) is 18.3. The van der Waals surface area contributed by atoms with Crippen LogP contribution in [0.1, 0.15) is 30.4 Å². The molecule has 196 valence electrons. The average molecular weight is 513 g/mol. The standard InChI is InChI=1S/C29H31F3N2O3/c1-36-26-11-12-28-27(18-26)23(13-15-33-28)6-2-5-22-14-17-34(19-24(22)20-35)16-3-4-21-7-9-25(10-8-21)37-29(30,31)32/h7-13,15,18,22,24,35H,2,5-6,14,16-17,19-20H2,1H3/t22-,24-/m1/s1. The molecule has 0 spiro atoms. The average Bonchev–Trinajstić information content (AvgIpc) is 2.89. The number of benzene rings is 2. The second-order valence-corrected chi connectivity index (χ2v) is 9.35. The lowest BCUT2D eigenvalue weighted by Crippen LogP contribution is -2.42. The van der Waals surface area contributed by atoms with Crippen molar-refractivity contribution in [3.05, 3.63) is 65.9 Å². The van der Waals surface area contributed by atoms with Gasteiger partial charge in [0.2, 0.25) is 0 Å². The minimum atomic E-state index is -4.70. The van der Waals surface area contributed by atoms with Gasteiger partial charge < -0.3 is 14.6 Å².